The molecule has 1 aliphatic rings. The van der Waals surface area contributed by atoms with E-state index in [0.29, 0.717) is 6.54 Å². The van der Waals surface area contributed by atoms with E-state index in [1.54, 1.807) is 13.4 Å². The van der Waals surface area contributed by atoms with E-state index >= 15 is 0 Å². The number of hydrogen-bond donors (Lipinski definition) is 2. The number of nitrogens with one attached hydrogen (secondary N) is 2. The second-order valence-electron chi connectivity index (χ2n) is 5.72. The Kier molecular flexibility index (Phi) is 4.65. The Balaban J connectivity index is 2.27. The summed E-state index contributed by atoms with van der Waals surface area (Å²) in [5.41, 5.74) is 0.781. The summed E-state index contributed by atoms with van der Waals surface area (Å²) in [5.74, 6) is 1.96. The van der Waals surface area contributed by atoms with Crippen molar-refractivity contribution in [3.8, 4) is 0 Å². The van der Waals surface area contributed by atoms with Crippen LogP contribution in [-0.2, 0) is 11.2 Å². The minimum absolute atomic E-state index is 0.101. The third-order valence-corrected chi connectivity index (χ3v) is 4.17. The van der Waals surface area contributed by atoms with Gasteiger partial charge in [0.1, 0.15) is 18.0 Å². The molecular formula is C15H25N5O. The zero-order valence-corrected chi connectivity index (χ0v) is 13.4. The van der Waals surface area contributed by atoms with Gasteiger partial charge in [-0.15, -0.1) is 0 Å². The van der Waals surface area contributed by atoms with Crippen molar-refractivity contribution in [2.24, 2.45) is 5.41 Å². The lowest BCUT2D eigenvalue weighted by Gasteiger charge is -2.25. The Bertz CT molecular complexity index is 519. The van der Waals surface area contributed by atoms with Crippen LogP contribution in [0.5, 0.6) is 0 Å². The van der Waals surface area contributed by atoms with Gasteiger partial charge < -0.3 is 15.5 Å². The largest absolute Gasteiger partial charge is 0.370 e. The van der Waals surface area contributed by atoms with Gasteiger partial charge in [0, 0.05) is 32.2 Å². The minimum atomic E-state index is -0.344. The van der Waals surface area contributed by atoms with Crippen LogP contribution in [0, 0.1) is 5.41 Å². The molecule has 0 radical (unpaired) electrons. The van der Waals surface area contributed by atoms with Crippen LogP contribution in [-0.4, -0.2) is 42.6 Å². The molecule has 6 nitrogen and oxygen atoms in total. The molecule has 2 rings (SSSR count). The van der Waals surface area contributed by atoms with E-state index in [4.69, 9.17) is 0 Å². The average molecular weight is 291 g/mol. The van der Waals surface area contributed by atoms with Crippen LogP contribution in [0.1, 0.15) is 32.8 Å². The van der Waals surface area contributed by atoms with Gasteiger partial charge in [0.15, 0.2) is 0 Å². The number of carbonyl (C=O) groups is 1. The van der Waals surface area contributed by atoms with Crippen molar-refractivity contribution in [2.75, 3.05) is 36.9 Å². The quantitative estimate of drug-likeness (QED) is 0.859. The standard InChI is InChI=1S/C15H25N5O/c1-5-11-12(17-6-2)18-10-19-13(11)20-8-7-15(3,9-20)14(21)16-4/h10H,5-9H2,1-4H3,(H,16,21)(H,17,18,19). The second kappa shape index (κ2) is 6.28. The van der Waals surface area contributed by atoms with Gasteiger partial charge in [-0.1, -0.05) is 6.92 Å². The molecule has 1 saturated heterocycles. The van der Waals surface area contributed by atoms with Gasteiger partial charge >= 0.3 is 0 Å². The molecule has 0 bridgehead atoms. The Labute approximate surface area is 126 Å². The monoisotopic (exact) mass is 291 g/mol. The first kappa shape index (κ1) is 15.5. The van der Waals surface area contributed by atoms with Gasteiger partial charge in [-0.05, 0) is 26.7 Å². The van der Waals surface area contributed by atoms with Gasteiger partial charge in [0.2, 0.25) is 5.91 Å². The number of carbonyl (C=O) groups excluding carboxylic acids is 1. The van der Waals surface area contributed by atoms with Crippen LogP contribution in [0.15, 0.2) is 6.33 Å². The Morgan fingerprint density at radius 3 is 2.81 bits per heavy atom. The molecule has 116 valence electrons. The molecule has 1 aromatic rings. The number of amides is 1. The van der Waals surface area contributed by atoms with Crippen molar-refractivity contribution in [1.82, 2.24) is 15.3 Å². The number of aromatic nitrogens is 2. The van der Waals surface area contributed by atoms with Gasteiger partial charge in [0.05, 0.1) is 5.41 Å². The fourth-order valence-electron chi connectivity index (χ4n) is 2.95. The first-order chi connectivity index (χ1) is 10.1. The van der Waals surface area contributed by atoms with Crippen molar-refractivity contribution in [2.45, 2.75) is 33.6 Å². The molecule has 1 atom stereocenters. The summed E-state index contributed by atoms with van der Waals surface area (Å²) in [6.07, 6.45) is 3.31. The highest BCUT2D eigenvalue weighted by atomic mass is 16.2. The molecule has 1 aliphatic heterocycles. The van der Waals surface area contributed by atoms with Crippen LogP contribution in [0.25, 0.3) is 0 Å². The van der Waals surface area contributed by atoms with E-state index in [1.807, 2.05) is 6.92 Å². The SMILES string of the molecule is CCNc1ncnc(N2CCC(C)(C(=O)NC)C2)c1CC. The second-order valence-corrected chi connectivity index (χ2v) is 5.72. The highest BCUT2D eigenvalue weighted by Gasteiger charge is 2.40. The third kappa shape index (κ3) is 2.94. The van der Waals surface area contributed by atoms with E-state index in [1.165, 1.54) is 0 Å². The maximum atomic E-state index is 12.1. The van der Waals surface area contributed by atoms with Gasteiger partial charge in [-0.2, -0.15) is 0 Å². The van der Waals surface area contributed by atoms with E-state index in [-0.39, 0.29) is 11.3 Å². The van der Waals surface area contributed by atoms with Gasteiger partial charge in [0.25, 0.3) is 0 Å². The van der Waals surface area contributed by atoms with E-state index in [9.17, 15) is 4.79 Å². The minimum Gasteiger partial charge on any atom is -0.370 e. The zero-order chi connectivity index (χ0) is 15.5. The lowest BCUT2D eigenvalue weighted by Crippen LogP contribution is -2.39. The summed E-state index contributed by atoms with van der Waals surface area (Å²) >= 11 is 0. The molecule has 21 heavy (non-hydrogen) atoms. The van der Waals surface area contributed by atoms with E-state index in [2.05, 4.69) is 39.3 Å². The lowest BCUT2D eigenvalue weighted by atomic mass is 9.89. The van der Waals surface area contributed by atoms with Crippen LogP contribution in [0.2, 0.25) is 0 Å². The fraction of sp³-hybridized carbons (Fsp3) is 0.667. The predicted molar refractivity (Wildman–Crippen MR) is 84.6 cm³/mol. The topological polar surface area (TPSA) is 70.2 Å². The molecule has 0 spiro atoms. The van der Waals surface area contributed by atoms with Crippen molar-refractivity contribution < 1.29 is 4.79 Å². The van der Waals surface area contributed by atoms with Crippen molar-refractivity contribution >= 4 is 17.5 Å². The first-order valence-electron chi connectivity index (χ1n) is 7.60. The molecule has 1 aromatic heterocycles. The van der Waals surface area contributed by atoms with Crippen LogP contribution in [0.4, 0.5) is 11.6 Å². The number of nitrogens with zero attached hydrogens (tertiary/aromatic N) is 3. The summed E-state index contributed by atoms with van der Waals surface area (Å²) in [4.78, 5) is 23.1. The number of anilines is 2. The van der Waals surface area contributed by atoms with E-state index in [0.717, 1.165) is 43.1 Å². The summed E-state index contributed by atoms with van der Waals surface area (Å²) in [6, 6.07) is 0. The summed E-state index contributed by atoms with van der Waals surface area (Å²) < 4.78 is 0. The normalized spacial score (nSPS) is 21.4. The Hall–Kier alpha value is -1.85. The fourth-order valence-corrected chi connectivity index (χ4v) is 2.95. The predicted octanol–water partition coefficient (Wildman–Crippen LogP) is 1.43. The molecule has 0 aliphatic carbocycles. The molecule has 2 N–H and O–H groups in total. The lowest BCUT2D eigenvalue weighted by molar-refractivity contribution is -0.128. The van der Waals surface area contributed by atoms with E-state index < -0.39 is 0 Å². The number of hydrogen-bond acceptors (Lipinski definition) is 5. The maximum Gasteiger partial charge on any atom is 0.227 e. The Morgan fingerprint density at radius 1 is 1.43 bits per heavy atom. The average Bonchev–Trinajstić information content (AvgIpc) is 2.90. The van der Waals surface area contributed by atoms with Crippen molar-refractivity contribution in [1.29, 1.82) is 0 Å². The first-order valence-corrected chi connectivity index (χ1v) is 7.60. The van der Waals surface area contributed by atoms with Gasteiger partial charge in [-0.3, -0.25) is 4.79 Å². The van der Waals surface area contributed by atoms with Gasteiger partial charge in [-0.25, -0.2) is 9.97 Å². The highest BCUT2D eigenvalue weighted by Crippen LogP contribution is 2.35. The molecule has 1 unspecified atom stereocenters. The molecule has 0 saturated carbocycles. The molecule has 1 amide bonds. The smallest absolute Gasteiger partial charge is 0.227 e. The maximum absolute atomic E-state index is 12.1. The van der Waals surface area contributed by atoms with Crippen LogP contribution >= 0.6 is 0 Å². The van der Waals surface area contributed by atoms with Crippen LogP contribution < -0.4 is 15.5 Å². The van der Waals surface area contributed by atoms with Crippen molar-refractivity contribution in [3.63, 3.8) is 0 Å². The number of rotatable bonds is 5. The van der Waals surface area contributed by atoms with Crippen molar-refractivity contribution in [3.05, 3.63) is 11.9 Å². The molecule has 2 heterocycles. The summed E-state index contributed by atoms with van der Waals surface area (Å²) in [5, 5.41) is 6.06. The Morgan fingerprint density at radius 2 is 2.19 bits per heavy atom. The summed E-state index contributed by atoms with van der Waals surface area (Å²) in [7, 11) is 1.70. The third-order valence-electron chi connectivity index (χ3n) is 4.17. The molecule has 1 fully saturated rings. The zero-order valence-electron chi connectivity index (χ0n) is 13.4. The van der Waals surface area contributed by atoms with Crippen LogP contribution in [0.3, 0.4) is 0 Å². The molecule has 6 heteroatoms. The molecule has 0 aromatic carbocycles. The highest BCUT2D eigenvalue weighted by molar-refractivity contribution is 5.83. The molecular weight excluding hydrogens is 266 g/mol. The summed E-state index contributed by atoms with van der Waals surface area (Å²) in [6.45, 7) is 8.56.